The Morgan fingerprint density at radius 3 is 0.574 bits per heavy atom. The van der Waals surface area contributed by atoms with Crippen LogP contribution in [0.4, 0.5) is 0 Å². The van der Waals surface area contributed by atoms with E-state index in [9.17, 15) is 29.7 Å². The average molecular weight is 871 g/mol. The van der Waals surface area contributed by atoms with Crippen molar-refractivity contribution >= 4 is 35.3 Å². The first kappa shape index (κ1) is 65.8. The van der Waals surface area contributed by atoms with Crippen LogP contribution in [0.25, 0.3) is 0 Å². The number of unbranched alkanes of at least 4 members (excludes halogenated alkanes) is 33. The van der Waals surface area contributed by atoms with E-state index in [1.54, 1.807) is 0 Å². The zero-order valence-electron chi connectivity index (χ0n) is 40.7. The number of rotatable bonds is 45. The van der Waals surface area contributed by atoms with Gasteiger partial charge in [-0.25, -0.2) is 0 Å². The van der Waals surface area contributed by atoms with Gasteiger partial charge < -0.3 is 29.7 Å². The molecule has 0 bridgehead atoms. The predicted molar refractivity (Wildman–Crippen MR) is 259 cm³/mol. The summed E-state index contributed by atoms with van der Waals surface area (Å²) in [5, 5.41) is 30.6. The Balaban J connectivity index is -0.000000396. The third-order valence-corrected chi connectivity index (χ3v) is 10.9. The minimum Gasteiger partial charge on any atom is -0.550 e. The molecule has 0 N–H and O–H groups in total. The number of hydrogen-bond acceptors (Lipinski definition) is 6. The van der Waals surface area contributed by atoms with Crippen molar-refractivity contribution in [2.24, 2.45) is 0 Å². The maximum absolute atomic E-state index is 10.2. The van der Waals surface area contributed by atoms with E-state index in [1.807, 2.05) is 0 Å². The number of allylic oxidation sites excluding steroid dienone is 6. The Morgan fingerprint density at radius 2 is 0.410 bits per heavy atom. The molecule has 0 atom stereocenters. The van der Waals surface area contributed by atoms with E-state index in [1.165, 1.54) is 193 Å². The molecule has 0 unspecified atom stereocenters. The van der Waals surface area contributed by atoms with Crippen LogP contribution in [0.5, 0.6) is 0 Å². The second-order valence-corrected chi connectivity index (χ2v) is 17.1. The van der Waals surface area contributed by atoms with Crippen molar-refractivity contribution < 1.29 is 29.7 Å². The third kappa shape index (κ3) is 75.9. The zero-order chi connectivity index (χ0) is 44.7. The van der Waals surface area contributed by atoms with Crippen molar-refractivity contribution in [3.63, 3.8) is 0 Å². The van der Waals surface area contributed by atoms with Gasteiger partial charge in [0, 0.05) is 17.9 Å². The molecule has 0 saturated heterocycles. The second kappa shape index (κ2) is 62.5. The molecule has 0 aliphatic rings. The maximum Gasteiger partial charge on any atom is 3.00 e. The molecule has 0 aromatic rings. The fourth-order valence-corrected chi connectivity index (χ4v) is 7.02. The summed E-state index contributed by atoms with van der Waals surface area (Å²) < 4.78 is 0. The average Bonchev–Trinajstić information content (AvgIpc) is 3.22. The normalized spacial score (nSPS) is 11.1. The summed E-state index contributed by atoms with van der Waals surface area (Å²) in [5.41, 5.74) is 0. The summed E-state index contributed by atoms with van der Waals surface area (Å²) in [6.45, 7) is 6.77. The molecule has 0 aromatic carbocycles. The van der Waals surface area contributed by atoms with E-state index in [0.717, 1.165) is 57.8 Å². The first-order valence-corrected chi connectivity index (χ1v) is 25.9. The maximum atomic E-state index is 10.2. The van der Waals surface area contributed by atoms with E-state index in [4.69, 9.17) is 0 Å². The Labute approximate surface area is 390 Å². The summed E-state index contributed by atoms with van der Waals surface area (Å²) in [4.78, 5) is 30.6. The molecule has 0 amide bonds. The van der Waals surface area contributed by atoms with Crippen molar-refractivity contribution in [3.05, 3.63) is 36.5 Å². The molecule has 0 heterocycles. The fourth-order valence-electron chi connectivity index (χ4n) is 7.02. The van der Waals surface area contributed by atoms with E-state index in [2.05, 4.69) is 57.2 Å². The smallest absolute Gasteiger partial charge is 0.550 e. The van der Waals surface area contributed by atoms with Gasteiger partial charge in [0.1, 0.15) is 0 Å². The van der Waals surface area contributed by atoms with Gasteiger partial charge in [-0.2, -0.15) is 0 Å². The van der Waals surface area contributed by atoms with Crippen LogP contribution in [0.1, 0.15) is 290 Å². The standard InChI is InChI=1S/3C18H34O2.Al/c3*1-2-3-4-5-6-7-8-9-10-11-12-13-14-15-16-17-18(19)20;/h3*9-10H,2-8,11-17H2,1H3,(H,19,20);/q;;;+3/p-3. The second-order valence-electron chi connectivity index (χ2n) is 17.1. The molecule has 0 radical (unpaired) electrons. The molecule has 0 aliphatic carbocycles. The van der Waals surface area contributed by atoms with Crippen LogP contribution in [0.3, 0.4) is 0 Å². The number of carboxylic acids is 3. The molecule has 6 nitrogen and oxygen atoms in total. The zero-order valence-corrected chi connectivity index (χ0v) is 41.8. The van der Waals surface area contributed by atoms with Gasteiger partial charge in [-0.1, -0.05) is 211 Å². The Kier molecular flexibility index (Phi) is 67.3. The first-order chi connectivity index (χ1) is 29.3. The van der Waals surface area contributed by atoms with Gasteiger partial charge in [-0.15, -0.1) is 0 Å². The number of carboxylic acid groups (broad SMARTS) is 3. The summed E-state index contributed by atoms with van der Waals surface area (Å²) in [5.74, 6) is -2.74. The Hall–Kier alpha value is -1.84. The van der Waals surface area contributed by atoms with E-state index >= 15 is 0 Å². The predicted octanol–water partition coefficient (Wildman–Crippen LogP) is 13.9. The molecular formula is C54H99AlO6. The summed E-state index contributed by atoms with van der Waals surface area (Å²) in [6, 6.07) is 0. The van der Waals surface area contributed by atoms with Crippen LogP contribution in [-0.4, -0.2) is 35.3 Å². The molecule has 0 aliphatic heterocycles. The first-order valence-electron chi connectivity index (χ1n) is 25.9. The molecule has 0 fully saturated rings. The van der Waals surface area contributed by atoms with Gasteiger partial charge in [-0.3, -0.25) is 0 Å². The van der Waals surface area contributed by atoms with Gasteiger partial charge >= 0.3 is 17.4 Å². The molecular weight excluding hydrogens is 772 g/mol. The van der Waals surface area contributed by atoms with Crippen LogP contribution < -0.4 is 15.3 Å². The molecule has 0 rings (SSSR count). The number of carbonyl (C=O) groups excluding carboxylic acids is 3. The summed E-state index contributed by atoms with van der Waals surface area (Å²) in [6.07, 6.45) is 62.7. The van der Waals surface area contributed by atoms with Crippen LogP contribution >= 0.6 is 0 Å². The van der Waals surface area contributed by atoms with Gasteiger partial charge in [0.05, 0.1) is 0 Å². The van der Waals surface area contributed by atoms with E-state index in [-0.39, 0.29) is 36.6 Å². The molecule has 0 aromatic heterocycles. The van der Waals surface area contributed by atoms with Crippen molar-refractivity contribution in [2.75, 3.05) is 0 Å². The van der Waals surface area contributed by atoms with Crippen molar-refractivity contribution in [2.45, 2.75) is 290 Å². The number of carbonyl (C=O) groups is 3. The van der Waals surface area contributed by atoms with Crippen LogP contribution in [0, 0.1) is 0 Å². The van der Waals surface area contributed by atoms with Crippen LogP contribution in [-0.2, 0) is 14.4 Å². The van der Waals surface area contributed by atoms with Crippen LogP contribution in [0.15, 0.2) is 36.5 Å². The topological polar surface area (TPSA) is 120 Å². The Morgan fingerprint density at radius 1 is 0.262 bits per heavy atom. The summed E-state index contributed by atoms with van der Waals surface area (Å²) in [7, 11) is 0. The minimum atomic E-state index is -0.914. The van der Waals surface area contributed by atoms with Crippen molar-refractivity contribution in [1.29, 1.82) is 0 Å². The third-order valence-electron chi connectivity index (χ3n) is 10.9. The minimum absolute atomic E-state index is 0. The largest absolute Gasteiger partial charge is 3.00 e. The molecule has 354 valence electrons. The fraction of sp³-hybridized carbons (Fsp3) is 0.833. The van der Waals surface area contributed by atoms with Crippen LogP contribution in [0.2, 0.25) is 0 Å². The van der Waals surface area contributed by atoms with Gasteiger partial charge in [-0.05, 0) is 116 Å². The van der Waals surface area contributed by atoms with Gasteiger partial charge in [0.15, 0.2) is 0 Å². The van der Waals surface area contributed by atoms with Gasteiger partial charge in [0.2, 0.25) is 0 Å². The quantitative estimate of drug-likeness (QED) is 0.0341. The number of hydrogen-bond donors (Lipinski definition) is 0. The van der Waals surface area contributed by atoms with E-state index < -0.39 is 17.9 Å². The van der Waals surface area contributed by atoms with Crippen molar-refractivity contribution in [1.82, 2.24) is 0 Å². The SMILES string of the molecule is CCCCCCCCC=CCCCCCCCC(=O)[O-].CCCCCCCCC=CCCCCCCCC(=O)[O-].CCCCCCCCC=CCCCCCCCC(=O)[O-].[Al+3]. The van der Waals surface area contributed by atoms with Gasteiger partial charge in [0.25, 0.3) is 0 Å². The number of aliphatic carboxylic acids is 3. The molecule has 61 heavy (non-hydrogen) atoms. The Bertz CT molecular complexity index is 827. The monoisotopic (exact) mass is 871 g/mol. The molecule has 7 heteroatoms. The molecule has 0 spiro atoms. The van der Waals surface area contributed by atoms with E-state index in [0.29, 0.717) is 0 Å². The van der Waals surface area contributed by atoms with Crippen molar-refractivity contribution in [3.8, 4) is 0 Å². The molecule has 0 saturated carbocycles. The summed E-state index contributed by atoms with van der Waals surface area (Å²) >= 11 is 0.